The smallest absolute Gasteiger partial charge is 0.344 e. The molecular weight excluding hydrogens is 332 g/mol. The Labute approximate surface area is 152 Å². The van der Waals surface area contributed by atoms with Crippen LogP contribution in [0.2, 0.25) is 0 Å². The van der Waals surface area contributed by atoms with Gasteiger partial charge in [0.1, 0.15) is 11.5 Å². The lowest BCUT2D eigenvalue weighted by Crippen LogP contribution is -2.19. The van der Waals surface area contributed by atoms with Crippen LogP contribution in [0.3, 0.4) is 0 Å². The monoisotopic (exact) mass is 352 g/mol. The fourth-order valence-corrected chi connectivity index (χ4v) is 2.66. The number of ketones is 1. The van der Waals surface area contributed by atoms with E-state index < -0.39 is 5.97 Å². The number of fused-ring (bicyclic) bond motifs is 1. The van der Waals surface area contributed by atoms with Crippen molar-refractivity contribution in [3.05, 3.63) is 64.9 Å². The Morgan fingerprint density at radius 3 is 2.58 bits per heavy atom. The first-order valence-corrected chi connectivity index (χ1v) is 8.41. The van der Waals surface area contributed by atoms with Crippen molar-refractivity contribution in [3.63, 3.8) is 0 Å². The molecule has 0 amide bonds. The highest BCUT2D eigenvalue weighted by molar-refractivity contribution is 6.14. The Morgan fingerprint density at radius 1 is 1.15 bits per heavy atom. The van der Waals surface area contributed by atoms with Crippen LogP contribution >= 0.6 is 0 Å². The first-order chi connectivity index (χ1) is 12.5. The third-order valence-corrected chi connectivity index (χ3v) is 3.85. The number of hydrogen-bond acceptors (Lipinski definition) is 5. The number of allylic oxidation sites excluding steroid dienone is 1. The number of esters is 1. The molecule has 2 aromatic rings. The van der Waals surface area contributed by atoms with E-state index in [2.05, 4.69) is 0 Å². The van der Waals surface area contributed by atoms with Gasteiger partial charge >= 0.3 is 5.97 Å². The van der Waals surface area contributed by atoms with Gasteiger partial charge in [-0.1, -0.05) is 30.3 Å². The standard InChI is InChI=1S/C21H20O5/c1-13(2)25-19(22)12-24-17-10-9-16-20(23)18(26-21(16)14(17)3)11-15-7-5-4-6-8-15/h4-11,13H,12H2,1-3H3/b18-11-. The number of carbonyl (C=O) groups excluding carboxylic acids is 2. The van der Waals surface area contributed by atoms with Crippen LogP contribution < -0.4 is 9.47 Å². The number of carbonyl (C=O) groups is 2. The van der Waals surface area contributed by atoms with E-state index in [1.807, 2.05) is 30.3 Å². The third kappa shape index (κ3) is 3.77. The third-order valence-electron chi connectivity index (χ3n) is 3.85. The van der Waals surface area contributed by atoms with Gasteiger partial charge in [0.2, 0.25) is 5.78 Å². The highest BCUT2D eigenvalue weighted by atomic mass is 16.6. The number of Topliss-reactive ketones (excluding diaryl/α,β-unsaturated/α-hetero) is 1. The minimum absolute atomic E-state index is 0.169. The van der Waals surface area contributed by atoms with Crippen LogP contribution in [0, 0.1) is 6.92 Å². The second kappa shape index (κ2) is 7.44. The van der Waals surface area contributed by atoms with Crippen molar-refractivity contribution >= 4 is 17.8 Å². The molecule has 0 spiro atoms. The van der Waals surface area contributed by atoms with Crippen LogP contribution in [0.25, 0.3) is 6.08 Å². The van der Waals surface area contributed by atoms with Crippen molar-refractivity contribution < 1.29 is 23.8 Å². The van der Waals surface area contributed by atoms with E-state index in [-0.39, 0.29) is 24.3 Å². The van der Waals surface area contributed by atoms with E-state index in [0.717, 1.165) is 5.56 Å². The summed E-state index contributed by atoms with van der Waals surface area (Å²) < 4.78 is 16.4. The molecule has 1 aliphatic rings. The average Bonchev–Trinajstić information content (AvgIpc) is 2.92. The molecule has 1 aliphatic heterocycles. The fraction of sp³-hybridized carbons (Fsp3) is 0.238. The zero-order valence-electron chi connectivity index (χ0n) is 14.9. The maximum Gasteiger partial charge on any atom is 0.344 e. The summed E-state index contributed by atoms with van der Waals surface area (Å²) in [5.74, 6) is 0.607. The second-order valence-electron chi connectivity index (χ2n) is 6.24. The van der Waals surface area contributed by atoms with Gasteiger partial charge in [-0.05, 0) is 44.5 Å². The summed E-state index contributed by atoms with van der Waals surface area (Å²) in [5, 5.41) is 0. The molecular formula is C21H20O5. The molecule has 0 saturated carbocycles. The summed E-state index contributed by atoms with van der Waals surface area (Å²) >= 11 is 0. The molecule has 0 unspecified atom stereocenters. The number of ether oxygens (including phenoxy) is 3. The van der Waals surface area contributed by atoms with Crippen LogP contribution in [0.15, 0.2) is 48.2 Å². The number of hydrogen-bond donors (Lipinski definition) is 0. The lowest BCUT2D eigenvalue weighted by Gasteiger charge is -2.12. The minimum atomic E-state index is -0.443. The van der Waals surface area contributed by atoms with Gasteiger partial charge in [-0.15, -0.1) is 0 Å². The molecule has 2 aromatic carbocycles. The minimum Gasteiger partial charge on any atom is -0.481 e. The zero-order valence-corrected chi connectivity index (χ0v) is 14.9. The van der Waals surface area contributed by atoms with Crippen molar-refractivity contribution in [2.75, 3.05) is 6.61 Å². The van der Waals surface area contributed by atoms with Crippen LogP contribution in [0.4, 0.5) is 0 Å². The summed E-state index contributed by atoms with van der Waals surface area (Å²) in [4.78, 5) is 24.2. The van der Waals surface area contributed by atoms with Gasteiger partial charge in [0.25, 0.3) is 0 Å². The summed E-state index contributed by atoms with van der Waals surface area (Å²) in [6.07, 6.45) is 1.52. The maximum atomic E-state index is 12.5. The molecule has 0 aromatic heterocycles. The van der Waals surface area contributed by atoms with E-state index in [4.69, 9.17) is 14.2 Å². The molecule has 0 atom stereocenters. The molecule has 134 valence electrons. The van der Waals surface area contributed by atoms with Gasteiger partial charge in [0.15, 0.2) is 12.4 Å². The van der Waals surface area contributed by atoms with Crippen molar-refractivity contribution in [2.45, 2.75) is 26.9 Å². The Bertz CT molecular complexity index is 865. The molecule has 0 N–H and O–H groups in total. The summed E-state index contributed by atoms with van der Waals surface area (Å²) in [7, 11) is 0. The van der Waals surface area contributed by atoms with Crippen LogP contribution in [0.1, 0.15) is 35.3 Å². The Kier molecular flexibility index (Phi) is 5.07. The number of rotatable bonds is 5. The predicted molar refractivity (Wildman–Crippen MR) is 97.3 cm³/mol. The SMILES string of the molecule is Cc1c(OCC(=O)OC(C)C)ccc2c1O/C(=C\c1ccccc1)C2=O. The summed E-state index contributed by atoms with van der Waals surface area (Å²) in [5.41, 5.74) is 2.04. The van der Waals surface area contributed by atoms with Crippen molar-refractivity contribution in [2.24, 2.45) is 0 Å². The van der Waals surface area contributed by atoms with Crippen molar-refractivity contribution in [1.82, 2.24) is 0 Å². The summed E-state index contributed by atoms with van der Waals surface area (Å²) in [6, 6.07) is 12.8. The number of benzene rings is 2. The highest BCUT2D eigenvalue weighted by Crippen LogP contribution is 2.39. The van der Waals surface area contributed by atoms with Gasteiger partial charge in [-0.25, -0.2) is 4.79 Å². The van der Waals surface area contributed by atoms with Crippen LogP contribution in [-0.2, 0) is 9.53 Å². The van der Waals surface area contributed by atoms with Crippen LogP contribution in [-0.4, -0.2) is 24.5 Å². The van der Waals surface area contributed by atoms with Gasteiger partial charge in [0.05, 0.1) is 11.7 Å². The normalized spacial score (nSPS) is 14.3. The molecule has 0 aliphatic carbocycles. The first-order valence-electron chi connectivity index (χ1n) is 8.41. The Balaban J connectivity index is 1.79. The van der Waals surface area contributed by atoms with Crippen LogP contribution in [0.5, 0.6) is 11.5 Å². The van der Waals surface area contributed by atoms with E-state index in [9.17, 15) is 9.59 Å². The Hall–Kier alpha value is -3.08. The predicted octanol–water partition coefficient (Wildman–Crippen LogP) is 3.94. The maximum absolute atomic E-state index is 12.5. The van der Waals surface area contributed by atoms with Gasteiger partial charge in [-0.2, -0.15) is 0 Å². The average molecular weight is 352 g/mol. The molecule has 1 heterocycles. The van der Waals surface area contributed by atoms with E-state index >= 15 is 0 Å². The van der Waals surface area contributed by atoms with E-state index in [0.29, 0.717) is 22.6 Å². The molecule has 5 nitrogen and oxygen atoms in total. The van der Waals surface area contributed by atoms with Gasteiger partial charge < -0.3 is 14.2 Å². The largest absolute Gasteiger partial charge is 0.481 e. The molecule has 26 heavy (non-hydrogen) atoms. The molecule has 0 fully saturated rings. The lowest BCUT2D eigenvalue weighted by molar-refractivity contribution is -0.149. The molecule has 0 saturated heterocycles. The molecule has 0 radical (unpaired) electrons. The van der Waals surface area contributed by atoms with Gasteiger partial charge in [-0.3, -0.25) is 4.79 Å². The topological polar surface area (TPSA) is 61.8 Å². The van der Waals surface area contributed by atoms with E-state index in [1.54, 1.807) is 39.0 Å². The van der Waals surface area contributed by atoms with Crippen molar-refractivity contribution in [3.8, 4) is 11.5 Å². The molecule has 0 bridgehead atoms. The highest BCUT2D eigenvalue weighted by Gasteiger charge is 2.30. The van der Waals surface area contributed by atoms with E-state index in [1.165, 1.54) is 0 Å². The first kappa shape index (κ1) is 17.7. The Morgan fingerprint density at radius 2 is 1.88 bits per heavy atom. The summed E-state index contributed by atoms with van der Waals surface area (Å²) in [6.45, 7) is 5.15. The second-order valence-corrected chi connectivity index (χ2v) is 6.24. The van der Waals surface area contributed by atoms with Crippen molar-refractivity contribution in [1.29, 1.82) is 0 Å². The van der Waals surface area contributed by atoms with Gasteiger partial charge in [0, 0.05) is 5.56 Å². The molecule has 3 rings (SSSR count). The zero-order chi connectivity index (χ0) is 18.7. The lowest BCUT2D eigenvalue weighted by atomic mass is 10.1. The fourth-order valence-electron chi connectivity index (χ4n) is 2.66. The quantitative estimate of drug-likeness (QED) is 0.602. The molecule has 5 heteroatoms.